The molecular weight excluding hydrogens is 318 g/mol. The topological polar surface area (TPSA) is 64.6 Å². The van der Waals surface area contributed by atoms with E-state index in [4.69, 9.17) is 9.47 Å². The fourth-order valence-electron chi connectivity index (χ4n) is 3.05. The Bertz CT molecular complexity index is 800. The molecular formula is C20H21NO4. The summed E-state index contributed by atoms with van der Waals surface area (Å²) in [5.41, 5.74) is 3.53. The summed E-state index contributed by atoms with van der Waals surface area (Å²) in [6.07, 6.45) is 0.308. The average molecular weight is 339 g/mol. The van der Waals surface area contributed by atoms with Crippen molar-refractivity contribution in [1.82, 2.24) is 5.32 Å². The number of hydrogen-bond donors (Lipinski definition) is 1. The number of ether oxygens (including phenoxy) is 2. The van der Waals surface area contributed by atoms with Gasteiger partial charge in [-0.2, -0.15) is 0 Å². The highest BCUT2D eigenvalue weighted by Crippen LogP contribution is 2.32. The van der Waals surface area contributed by atoms with E-state index in [0.717, 1.165) is 22.4 Å². The standard InChI is InChI=1S/C20H21NO4/c1-13-7-8-17(24-2)14(11-13)9-10-21-19(22)12-18-15-5-3-4-6-16(15)20(23)25-18/h3-8,11,18H,9-10,12H2,1-2H3,(H,21,22). The molecule has 1 aliphatic heterocycles. The highest BCUT2D eigenvalue weighted by Gasteiger charge is 2.31. The van der Waals surface area contributed by atoms with Gasteiger partial charge in [-0.1, -0.05) is 35.9 Å². The van der Waals surface area contributed by atoms with Crippen LogP contribution in [0, 0.1) is 6.92 Å². The molecule has 0 aliphatic carbocycles. The van der Waals surface area contributed by atoms with E-state index in [1.807, 2.05) is 31.2 Å². The summed E-state index contributed by atoms with van der Waals surface area (Å²) in [6, 6.07) is 13.2. The minimum Gasteiger partial charge on any atom is -0.496 e. The lowest BCUT2D eigenvalue weighted by Gasteiger charge is -2.12. The number of carbonyl (C=O) groups excluding carboxylic acids is 2. The number of carbonyl (C=O) groups is 2. The van der Waals surface area contributed by atoms with Gasteiger partial charge >= 0.3 is 5.97 Å². The van der Waals surface area contributed by atoms with E-state index in [1.54, 1.807) is 19.2 Å². The first-order valence-corrected chi connectivity index (χ1v) is 8.28. The van der Waals surface area contributed by atoms with Crippen molar-refractivity contribution >= 4 is 11.9 Å². The summed E-state index contributed by atoms with van der Waals surface area (Å²) < 4.78 is 10.6. The molecule has 0 saturated heterocycles. The Morgan fingerprint density at radius 2 is 2.04 bits per heavy atom. The third kappa shape index (κ3) is 3.82. The predicted octanol–water partition coefficient (Wildman–Crippen LogP) is 2.96. The van der Waals surface area contributed by atoms with Crippen molar-refractivity contribution in [2.45, 2.75) is 25.9 Å². The van der Waals surface area contributed by atoms with Gasteiger partial charge in [-0.25, -0.2) is 4.79 Å². The van der Waals surface area contributed by atoms with Gasteiger partial charge in [0.05, 0.1) is 19.1 Å². The second kappa shape index (κ2) is 7.38. The van der Waals surface area contributed by atoms with Crippen LogP contribution in [0.3, 0.4) is 0 Å². The van der Waals surface area contributed by atoms with Gasteiger partial charge < -0.3 is 14.8 Å². The number of rotatable bonds is 6. The molecule has 1 unspecified atom stereocenters. The number of cyclic esters (lactones) is 1. The summed E-state index contributed by atoms with van der Waals surface area (Å²) in [5.74, 6) is 0.317. The number of methoxy groups -OCH3 is 1. The van der Waals surface area contributed by atoms with Gasteiger partial charge in [0.25, 0.3) is 0 Å². The second-order valence-corrected chi connectivity index (χ2v) is 6.10. The zero-order valence-electron chi connectivity index (χ0n) is 14.4. The zero-order valence-corrected chi connectivity index (χ0v) is 14.4. The highest BCUT2D eigenvalue weighted by atomic mass is 16.5. The van der Waals surface area contributed by atoms with Crippen LogP contribution in [0.25, 0.3) is 0 Å². The summed E-state index contributed by atoms with van der Waals surface area (Å²) in [4.78, 5) is 24.0. The van der Waals surface area contributed by atoms with Crippen LogP contribution >= 0.6 is 0 Å². The Balaban J connectivity index is 1.55. The van der Waals surface area contributed by atoms with E-state index in [1.165, 1.54) is 0 Å². The van der Waals surface area contributed by atoms with Gasteiger partial charge in [0, 0.05) is 12.1 Å². The van der Waals surface area contributed by atoms with Crippen molar-refractivity contribution in [3.63, 3.8) is 0 Å². The Labute approximate surface area is 147 Å². The minimum atomic E-state index is -0.503. The molecule has 0 bridgehead atoms. The number of aryl methyl sites for hydroxylation is 1. The average Bonchev–Trinajstić information content (AvgIpc) is 2.91. The Hall–Kier alpha value is -2.82. The third-order valence-electron chi connectivity index (χ3n) is 4.30. The van der Waals surface area contributed by atoms with Crippen molar-refractivity contribution in [2.24, 2.45) is 0 Å². The maximum Gasteiger partial charge on any atom is 0.339 e. The normalized spacial score (nSPS) is 15.4. The largest absolute Gasteiger partial charge is 0.496 e. The fourth-order valence-corrected chi connectivity index (χ4v) is 3.05. The van der Waals surface area contributed by atoms with Crippen molar-refractivity contribution in [3.05, 3.63) is 64.7 Å². The molecule has 2 aromatic carbocycles. The number of esters is 1. The SMILES string of the molecule is COc1ccc(C)cc1CCNC(=O)CC1OC(=O)c2ccccc21. The summed E-state index contributed by atoms with van der Waals surface area (Å²) in [7, 11) is 1.64. The number of hydrogen-bond acceptors (Lipinski definition) is 4. The first kappa shape index (κ1) is 17.0. The summed E-state index contributed by atoms with van der Waals surface area (Å²) in [5, 5.41) is 2.89. The molecule has 1 aliphatic rings. The molecule has 3 rings (SSSR count). The minimum absolute atomic E-state index is 0.133. The predicted molar refractivity (Wildman–Crippen MR) is 93.7 cm³/mol. The van der Waals surface area contributed by atoms with Crippen LogP contribution < -0.4 is 10.1 Å². The monoisotopic (exact) mass is 339 g/mol. The second-order valence-electron chi connectivity index (χ2n) is 6.10. The molecule has 0 radical (unpaired) electrons. The lowest BCUT2D eigenvalue weighted by molar-refractivity contribution is -0.122. The quantitative estimate of drug-likeness (QED) is 0.822. The number of amides is 1. The van der Waals surface area contributed by atoms with Gasteiger partial charge in [-0.3, -0.25) is 4.79 Å². The Kier molecular flexibility index (Phi) is 5.03. The van der Waals surface area contributed by atoms with Gasteiger partial charge in [0.1, 0.15) is 11.9 Å². The van der Waals surface area contributed by atoms with Crippen LogP contribution in [-0.2, 0) is 16.0 Å². The molecule has 1 amide bonds. The number of benzene rings is 2. The third-order valence-corrected chi connectivity index (χ3v) is 4.30. The van der Waals surface area contributed by atoms with Crippen molar-refractivity contribution in [2.75, 3.05) is 13.7 Å². The van der Waals surface area contributed by atoms with E-state index in [9.17, 15) is 9.59 Å². The van der Waals surface area contributed by atoms with Gasteiger partial charge in [0.15, 0.2) is 0 Å². The Morgan fingerprint density at radius 3 is 2.84 bits per heavy atom. The lowest BCUT2D eigenvalue weighted by Crippen LogP contribution is -2.27. The smallest absolute Gasteiger partial charge is 0.339 e. The number of nitrogens with one attached hydrogen (secondary N) is 1. The zero-order chi connectivity index (χ0) is 17.8. The highest BCUT2D eigenvalue weighted by molar-refractivity contribution is 5.94. The molecule has 5 nitrogen and oxygen atoms in total. The molecule has 1 atom stereocenters. The van der Waals surface area contributed by atoms with E-state index < -0.39 is 6.10 Å². The molecule has 5 heteroatoms. The Morgan fingerprint density at radius 1 is 1.24 bits per heavy atom. The maximum atomic E-state index is 12.2. The van der Waals surface area contributed by atoms with Crippen LogP contribution in [0.15, 0.2) is 42.5 Å². The summed E-state index contributed by atoms with van der Waals surface area (Å²) >= 11 is 0. The first-order valence-electron chi connectivity index (χ1n) is 8.28. The van der Waals surface area contributed by atoms with Gasteiger partial charge in [-0.05, 0) is 31.0 Å². The molecule has 0 spiro atoms. The van der Waals surface area contributed by atoms with Crippen LogP contribution in [0.2, 0.25) is 0 Å². The summed E-state index contributed by atoms with van der Waals surface area (Å²) in [6.45, 7) is 2.52. The van der Waals surface area contributed by atoms with Crippen LogP contribution in [0.4, 0.5) is 0 Å². The van der Waals surface area contributed by atoms with Crippen LogP contribution in [0.1, 0.15) is 39.6 Å². The molecule has 130 valence electrons. The van der Waals surface area contributed by atoms with Gasteiger partial charge in [-0.15, -0.1) is 0 Å². The fraction of sp³-hybridized carbons (Fsp3) is 0.300. The van der Waals surface area contributed by atoms with E-state index in [2.05, 4.69) is 11.4 Å². The van der Waals surface area contributed by atoms with E-state index >= 15 is 0 Å². The van der Waals surface area contributed by atoms with Crippen molar-refractivity contribution in [1.29, 1.82) is 0 Å². The molecule has 1 N–H and O–H groups in total. The molecule has 0 saturated carbocycles. The molecule has 0 fully saturated rings. The maximum absolute atomic E-state index is 12.2. The van der Waals surface area contributed by atoms with Crippen molar-refractivity contribution in [3.8, 4) is 5.75 Å². The molecule has 25 heavy (non-hydrogen) atoms. The van der Waals surface area contributed by atoms with Gasteiger partial charge in [0.2, 0.25) is 5.91 Å². The molecule has 2 aromatic rings. The van der Waals surface area contributed by atoms with Crippen LogP contribution in [0.5, 0.6) is 5.75 Å². The lowest BCUT2D eigenvalue weighted by atomic mass is 10.0. The number of fused-ring (bicyclic) bond motifs is 1. The van der Waals surface area contributed by atoms with Crippen LogP contribution in [-0.4, -0.2) is 25.5 Å². The van der Waals surface area contributed by atoms with E-state index in [0.29, 0.717) is 18.5 Å². The first-order chi connectivity index (χ1) is 12.1. The molecule has 0 aromatic heterocycles. The molecule has 1 heterocycles. The van der Waals surface area contributed by atoms with Crippen molar-refractivity contribution < 1.29 is 19.1 Å². The van der Waals surface area contributed by atoms with E-state index in [-0.39, 0.29) is 18.3 Å².